The minimum Gasteiger partial charge on any atom is -0.320 e. The topological polar surface area (TPSA) is 50.7 Å². The first-order chi connectivity index (χ1) is 8.34. The molecule has 3 heteroatoms. The molecule has 0 unspecified atom stereocenters. The summed E-state index contributed by atoms with van der Waals surface area (Å²) in [5, 5.41) is 0. The highest BCUT2D eigenvalue weighted by atomic mass is 15.0. The summed E-state index contributed by atoms with van der Waals surface area (Å²) in [6.07, 6.45) is 7.73. The van der Waals surface area contributed by atoms with Gasteiger partial charge in [0, 0.05) is 0 Å². The van der Waals surface area contributed by atoms with E-state index in [9.17, 15) is 0 Å². The van der Waals surface area contributed by atoms with Gasteiger partial charge in [0.05, 0.1) is 11.8 Å². The van der Waals surface area contributed by atoms with E-state index in [1.54, 1.807) is 6.34 Å². The number of hydrogen-bond acceptors (Lipinski definition) is 3. The smallest absolute Gasteiger partial charge is 0.112 e. The van der Waals surface area contributed by atoms with Gasteiger partial charge in [-0.15, -0.1) is 0 Å². The Morgan fingerprint density at radius 3 is 2.82 bits per heavy atom. The fourth-order valence-electron chi connectivity index (χ4n) is 2.06. The van der Waals surface area contributed by atoms with Crippen LogP contribution >= 0.6 is 0 Å². The SMILES string of the molecule is N[C@H](C1=CC2=NC=N[C@H]2C=C1)c1ccccc1. The van der Waals surface area contributed by atoms with Crippen molar-refractivity contribution in [3.8, 4) is 0 Å². The van der Waals surface area contributed by atoms with E-state index < -0.39 is 0 Å². The van der Waals surface area contributed by atoms with Gasteiger partial charge < -0.3 is 5.73 Å². The van der Waals surface area contributed by atoms with Crippen molar-refractivity contribution < 1.29 is 0 Å². The lowest BCUT2D eigenvalue weighted by molar-refractivity contribution is 0.865. The van der Waals surface area contributed by atoms with Crippen molar-refractivity contribution in [2.45, 2.75) is 12.1 Å². The first kappa shape index (κ1) is 10.2. The maximum absolute atomic E-state index is 6.24. The third-order valence-electron chi connectivity index (χ3n) is 3.04. The summed E-state index contributed by atoms with van der Waals surface area (Å²) in [7, 11) is 0. The highest BCUT2D eigenvalue weighted by molar-refractivity contribution is 6.09. The largest absolute Gasteiger partial charge is 0.320 e. The summed E-state index contributed by atoms with van der Waals surface area (Å²) in [4.78, 5) is 8.45. The lowest BCUT2D eigenvalue weighted by Gasteiger charge is -2.18. The van der Waals surface area contributed by atoms with Crippen LogP contribution in [0.5, 0.6) is 0 Å². The maximum atomic E-state index is 6.24. The normalized spacial score (nSPS) is 23.0. The summed E-state index contributed by atoms with van der Waals surface area (Å²) >= 11 is 0. The van der Waals surface area contributed by atoms with Gasteiger partial charge in [0.25, 0.3) is 0 Å². The summed E-state index contributed by atoms with van der Waals surface area (Å²) < 4.78 is 0. The summed E-state index contributed by atoms with van der Waals surface area (Å²) in [6.45, 7) is 0. The molecule has 84 valence electrons. The Bertz CT molecular complexity index is 538. The molecule has 3 nitrogen and oxygen atoms in total. The third kappa shape index (κ3) is 1.85. The molecule has 2 N–H and O–H groups in total. The van der Waals surface area contributed by atoms with Crippen molar-refractivity contribution in [1.29, 1.82) is 0 Å². The molecule has 0 amide bonds. The standard InChI is InChI=1S/C14H13N3/c15-14(10-4-2-1-3-5-10)11-6-7-12-13(8-11)17-9-16-12/h1-9,12,14H,15H2/t12-,14-/m0/s1. The number of aliphatic imine (C=N–C) groups is 2. The van der Waals surface area contributed by atoms with Gasteiger partial charge in [-0.25, -0.2) is 4.99 Å². The Morgan fingerprint density at radius 2 is 2.00 bits per heavy atom. The van der Waals surface area contributed by atoms with Crippen molar-refractivity contribution in [3.63, 3.8) is 0 Å². The van der Waals surface area contributed by atoms with E-state index in [0.29, 0.717) is 0 Å². The van der Waals surface area contributed by atoms with E-state index >= 15 is 0 Å². The predicted molar refractivity (Wildman–Crippen MR) is 70.3 cm³/mol. The van der Waals surface area contributed by atoms with E-state index in [1.165, 1.54) is 0 Å². The van der Waals surface area contributed by atoms with Crippen LogP contribution in [0.4, 0.5) is 0 Å². The van der Waals surface area contributed by atoms with Crippen LogP contribution in [0.1, 0.15) is 11.6 Å². The number of hydrogen-bond donors (Lipinski definition) is 1. The van der Waals surface area contributed by atoms with E-state index in [1.807, 2.05) is 48.6 Å². The number of benzene rings is 1. The highest BCUT2D eigenvalue weighted by Crippen LogP contribution is 2.24. The van der Waals surface area contributed by atoms with E-state index in [4.69, 9.17) is 5.73 Å². The quantitative estimate of drug-likeness (QED) is 0.819. The molecule has 0 saturated carbocycles. The fraction of sp³-hybridized carbons (Fsp3) is 0.143. The van der Waals surface area contributed by atoms with Crippen LogP contribution in [0.3, 0.4) is 0 Å². The van der Waals surface area contributed by atoms with E-state index in [-0.39, 0.29) is 12.1 Å². The first-order valence-corrected chi connectivity index (χ1v) is 5.64. The van der Waals surface area contributed by atoms with Crippen molar-refractivity contribution >= 4 is 12.1 Å². The van der Waals surface area contributed by atoms with Crippen molar-refractivity contribution in [2.24, 2.45) is 15.7 Å². The molecule has 3 rings (SSSR count). The Balaban J connectivity index is 1.89. The highest BCUT2D eigenvalue weighted by Gasteiger charge is 2.20. The second kappa shape index (κ2) is 4.11. The summed E-state index contributed by atoms with van der Waals surface area (Å²) in [6, 6.07) is 10.1. The summed E-state index contributed by atoms with van der Waals surface area (Å²) in [5.41, 5.74) is 9.41. The van der Waals surface area contributed by atoms with Crippen LogP contribution in [0.25, 0.3) is 0 Å². The van der Waals surface area contributed by atoms with Crippen LogP contribution in [-0.4, -0.2) is 18.1 Å². The van der Waals surface area contributed by atoms with Gasteiger partial charge in [-0.05, 0) is 17.2 Å². The number of rotatable bonds is 2. The van der Waals surface area contributed by atoms with Crippen molar-refractivity contribution in [2.75, 3.05) is 0 Å². The van der Waals surface area contributed by atoms with Crippen molar-refractivity contribution in [1.82, 2.24) is 0 Å². The van der Waals surface area contributed by atoms with Crippen LogP contribution in [0.2, 0.25) is 0 Å². The second-order valence-corrected chi connectivity index (χ2v) is 4.16. The lowest BCUT2D eigenvalue weighted by atomic mass is 9.93. The lowest BCUT2D eigenvalue weighted by Crippen LogP contribution is -2.19. The molecule has 1 heterocycles. The average molecular weight is 223 g/mol. The molecule has 17 heavy (non-hydrogen) atoms. The zero-order valence-corrected chi connectivity index (χ0v) is 9.32. The van der Waals surface area contributed by atoms with Gasteiger partial charge in [-0.2, -0.15) is 0 Å². The molecule has 0 bridgehead atoms. The van der Waals surface area contributed by atoms with Crippen LogP contribution in [0, 0.1) is 0 Å². The monoisotopic (exact) mass is 223 g/mol. The zero-order chi connectivity index (χ0) is 11.7. The minimum absolute atomic E-state index is 0.0988. The van der Waals surface area contributed by atoms with Crippen molar-refractivity contribution in [3.05, 3.63) is 59.7 Å². The Morgan fingerprint density at radius 1 is 1.18 bits per heavy atom. The van der Waals surface area contributed by atoms with Gasteiger partial charge in [0.2, 0.25) is 0 Å². The number of fused-ring (bicyclic) bond motifs is 1. The number of nitrogens with zero attached hydrogens (tertiary/aromatic N) is 2. The van der Waals surface area contributed by atoms with Crippen LogP contribution < -0.4 is 5.73 Å². The van der Waals surface area contributed by atoms with E-state index in [0.717, 1.165) is 16.8 Å². The molecule has 0 aromatic heterocycles. The molecular weight excluding hydrogens is 210 g/mol. The molecule has 2 aliphatic rings. The molecular formula is C14H13N3. The Labute approximate surface area is 100 Å². The van der Waals surface area contributed by atoms with Gasteiger partial charge in [-0.1, -0.05) is 42.5 Å². The maximum Gasteiger partial charge on any atom is 0.112 e. The zero-order valence-electron chi connectivity index (χ0n) is 9.32. The predicted octanol–water partition coefficient (Wildman–Crippen LogP) is 2.03. The molecule has 2 atom stereocenters. The molecule has 0 saturated heterocycles. The average Bonchev–Trinajstić information content (AvgIpc) is 2.86. The Kier molecular flexibility index (Phi) is 2.46. The van der Waals surface area contributed by atoms with Gasteiger partial charge in [0.15, 0.2) is 0 Å². The van der Waals surface area contributed by atoms with E-state index in [2.05, 4.69) is 9.98 Å². The van der Waals surface area contributed by atoms with Gasteiger partial charge in [-0.3, -0.25) is 4.99 Å². The molecule has 0 radical (unpaired) electrons. The molecule has 1 aromatic rings. The Hall–Kier alpha value is -2.00. The molecule has 1 aliphatic heterocycles. The molecule has 0 fully saturated rings. The van der Waals surface area contributed by atoms with Gasteiger partial charge in [0.1, 0.15) is 12.4 Å². The van der Waals surface area contributed by atoms with Crippen LogP contribution in [-0.2, 0) is 0 Å². The fourth-order valence-corrected chi connectivity index (χ4v) is 2.06. The molecule has 1 aromatic carbocycles. The molecule has 1 aliphatic carbocycles. The summed E-state index contributed by atoms with van der Waals surface area (Å²) in [5.74, 6) is 0. The van der Waals surface area contributed by atoms with Crippen LogP contribution in [0.15, 0.2) is 64.1 Å². The third-order valence-corrected chi connectivity index (χ3v) is 3.04. The van der Waals surface area contributed by atoms with Gasteiger partial charge >= 0.3 is 0 Å². The molecule has 0 spiro atoms. The number of nitrogens with two attached hydrogens (primary N) is 1. The minimum atomic E-state index is -0.100. The second-order valence-electron chi connectivity index (χ2n) is 4.16. The first-order valence-electron chi connectivity index (χ1n) is 5.64.